The molecule has 8 heteroatoms. The third-order valence-electron chi connectivity index (χ3n) is 3.75. The Kier molecular flexibility index (Phi) is 5.08. The van der Waals surface area contributed by atoms with E-state index in [1.54, 1.807) is 0 Å². The lowest BCUT2D eigenvalue weighted by Gasteiger charge is -2.07. The molecular formula is C15H17N5OS2. The molecule has 0 aliphatic carbocycles. The van der Waals surface area contributed by atoms with E-state index in [0.29, 0.717) is 5.01 Å². The molecule has 3 heterocycles. The smallest absolute Gasteiger partial charge is 0.191 e. The molecule has 1 aliphatic rings. The lowest BCUT2D eigenvalue weighted by Crippen LogP contribution is -2.14. The maximum absolute atomic E-state index is 12.4. The maximum atomic E-state index is 12.4. The normalized spacial score (nSPS) is 15.5. The van der Waals surface area contributed by atoms with Crippen LogP contribution in [0, 0.1) is 18.3 Å². The fourth-order valence-corrected chi connectivity index (χ4v) is 4.30. The van der Waals surface area contributed by atoms with E-state index in [-0.39, 0.29) is 11.5 Å². The molecule has 0 saturated carbocycles. The first-order valence-electron chi connectivity index (χ1n) is 7.58. The quantitative estimate of drug-likeness (QED) is 0.773. The second-order valence-electron chi connectivity index (χ2n) is 5.51. The topological polar surface area (TPSA) is 84.5 Å². The number of thioether (sulfide) groups is 1. The van der Waals surface area contributed by atoms with Gasteiger partial charge in [-0.3, -0.25) is 4.79 Å². The Morgan fingerprint density at radius 3 is 3.09 bits per heavy atom. The van der Waals surface area contributed by atoms with Crippen LogP contribution in [0.15, 0.2) is 10.5 Å². The molecule has 1 aliphatic heterocycles. The summed E-state index contributed by atoms with van der Waals surface area (Å²) in [5, 5.41) is 20.9. The van der Waals surface area contributed by atoms with Crippen LogP contribution in [0.4, 0.5) is 0 Å². The highest BCUT2D eigenvalue weighted by molar-refractivity contribution is 7.99. The Labute approximate surface area is 142 Å². The van der Waals surface area contributed by atoms with Crippen LogP contribution >= 0.6 is 23.1 Å². The van der Waals surface area contributed by atoms with Crippen LogP contribution in [0.5, 0.6) is 0 Å². The number of hydrogen-bond acceptors (Lipinski definition) is 7. The highest BCUT2D eigenvalue weighted by Crippen LogP contribution is 2.26. The van der Waals surface area contributed by atoms with Crippen LogP contribution in [0.1, 0.15) is 41.7 Å². The fourth-order valence-electron chi connectivity index (χ4n) is 2.55. The average molecular weight is 347 g/mol. The van der Waals surface area contributed by atoms with Crippen molar-refractivity contribution in [3.63, 3.8) is 0 Å². The van der Waals surface area contributed by atoms with Crippen molar-refractivity contribution in [2.75, 3.05) is 5.75 Å². The fraction of sp³-hybridized carbons (Fsp3) is 0.533. The zero-order valence-electron chi connectivity index (χ0n) is 12.9. The number of fused-ring (bicyclic) bond motifs is 1. The van der Waals surface area contributed by atoms with Crippen molar-refractivity contribution in [2.24, 2.45) is 0 Å². The van der Waals surface area contributed by atoms with Crippen molar-refractivity contribution >= 4 is 28.9 Å². The standard InChI is InChI=1S/C15H17N5OS2/c1-10-8-22-14(17-10)11(7-16)12(21)9-23-15-19-18-13-5-3-2-4-6-20(13)15/h8,11H,2-6,9H2,1H3. The van der Waals surface area contributed by atoms with Gasteiger partial charge in [-0.1, -0.05) is 18.2 Å². The SMILES string of the molecule is Cc1csc(C(C#N)C(=O)CSc2nnc3n2CCCCC3)n1. The van der Waals surface area contributed by atoms with E-state index in [2.05, 4.69) is 25.8 Å². The van der Waals surface area contributed by atoms with Gasteiger partial charge in [-0.2, -0.15) is 5.26 Å². The number of carbonyl (C=O) groups excluding carboxylic acids is 1. The number of Topliss-reactive ketones (excluding diaryl/α,β-unsaturated/α-hetero) is 1. The molecule has 0 aromatic carbocycles. The van der Waals surface area contributed by atoms with Crippen molar-refractivity contribution in [1.82, 2.24) is 19.7 Å². The van der Waals surface area contributed by atoms with Crippen molar-refractivity contribution in [3.8, 4) is 6.07 Å². The maximum Gasteiger partial charge on any atom is 0.191 e. The summed E-state index contributed by atoms with van der Waals surface area (Å²) in [6, 6.07) is 2.08. The molecule has 3 rings (SSSR count). The van der Waals surface area contributed by atoms with Crippen LogP contribution in [-0.4, -0.2) is 31.3 Å². The van der Waals surface area contributed by atoms with E-state index in [9.17, 15) is 10.1 Å². The number of carbonyl (C=O) groups is 1. The Hall–Kier alpha value is -1.72. The van der Waals surface area contributed by atoms with Crippen LogP contribution < -0.4 is 0 Å². The summed E-state index contributed by atoms with van der Waals surface area (Å²) >= 11 is 2.73. The first-order chi connectivity index (χ1) is 11.2. The molecule has 0 spiro atoms. The van der Waals surface area contributed by atoms with Gasteiger partial charge in [0.2, 0.25) is 0 Å². The van der Waals surface area contributed by atoms with Gasteiger partial charge in [0.1, 0.15) is 10.8 Å². The molecule has 0 saturated heterocycles. The Bertz CT molecular complexity index is 745. The number of hydrogen-bond donors (Lipinski definition) is 0. The highest BCUT2D eigenvalue weighted by Gasteiger charge is 2.24. The molecule has 0 radical (unpaired) electrons. The molecule has 1 atom stereocenters. The summed E-state index contributed by atoms with van der Waals surface area (Å²) < 4.78 is 2.11. The van der Waals surface area contributed by atoms with Gasteiger partial charge in [0.25, 0.3) is 0 Å². The first kappa shape index (κ1) is 16.1. The van der Waals surface area contributed by atoms with Crippen molar-refractivity contribution in [1.29, 1.82) is 5.26 Å². The molecule has 23 heavy (non-hydrogen) atoms. The third kappa shape index (κ3) is 3.62. The Morgan fingerprint density at radius 1 is 1.48 bits per heavy atom. The second kappa shape index (κ2) is 7.23. The third-order valence-corrected chi connectivity index (χ3v) is 5.77. The van der Waals surface area contributed by atoms with Crippen LogP contribution in [-0.2, 0) is 17.8 Å². The minimum Gasteiger partial charge on any atom is -0.306 e. The zero-order valence-corrected chi connectivity index (χ0v) is 14.5. The Morgan fingerprint density at radius 2 is 2.35 bits per heavy atom. The van der Waals surface area contributed by atoms with Crippen molar-refractivity contribution in [3.05, 3.63) is 21.9 Å². The molecule has 2 aromatic rings. The number of ketones is 1. The van der Waals surface area contributed by atoms with E-state index in [1.165, 1.54) is 29.5 Å². The molecular weight excluding hydrogens is 330 g/mol. The minimum absolute atomic E-state index is 0.127. The molecule has 0 N–H and O–H groups in total. The summed E-state index contributed by atoms with van der Waals surface area (Å²) in [6.07, 6.45) is 4.40. The molecule has 0 amide bonds. The summed E-state index contributed by atoms with van der Waals surface area (Å²) in [6.45, 7) is 2.77. The molecule has 0 bridgehead atoms. The lowest BCUT2D eigenvalue weighted by molar-refractivity contribution is -0.116. The largest absolute Gasteiger partial charge is 0.306 e. The molecule has 6 nitrogen and oxygen atoms in total. The number of aryl methyl sites for hydroxylation is 2. The van der Waals surface area contributed by atoms with E-state index in [0.717, 1.165) is 42.5 Å². The number of rotatable bonds is 5. The van der Waals surface area contributed by atoms with Crippen LogP contribution in [0.25, 0.3) is 0 Å². The second-order valence-corrected chi connectivity index (χ2v) is 7.34. The van der Waals surface area contributed by atoms with Gasteiger partial charge >= 0.3 is 0 Å². The summed E-state index contributed by atoms with van der Waals surface area (Å²) in [5.41, 5.74) is 0.841. The Balaban J connectivity index is 1.67. The van der Waals surface area contributed by atoms with Gasteiger partial charge in [-0.05, 0) is 19.8 Å². The van der Waals surface area contributed by atoms with Crippen molar-refractivity contribution < 1.29 is 4.79 Å². The molecule has 1 unspecified atom stereocenters. The molecule has 120 valence electrons. The van der Waals surface area contributed by atoms with Crippen LogP contribution in [0.2, 0.25) is 0 Å². The predicted molar refractivity (Wildman–Crippen MR) is 88.5 cm³/mol. The van der Waals surface area contributed by atoms with Gasteiger partial charge in [0, 0.05) is 24.0 Å². The summed E-state index contributed by atoms with van der Waals surface area (Å²) in [7, 11) is 0. The lowest BCUT2D eigenvalue weighted by atomic mass is 10.1. The van der Waals surface area contributed by atoms with Gasteiger partial charge in [-0.15, -0.1) is 21.5 Å². The zero-order chi connectivity index (χ0) is 16.2. The van der Waals surface area contributed by atoms with E-state index in [4.69, 9.17) is 0 Å². The van der Waals surface area contributed by atoms with Gasteiger partial charge < -0.3 is 4.57 Å². The molecule has 0 fully saturated rings. The molecule has 2 aromatic heterocycles. The van der Waals surface area contributed by atoms with Gasteiger partial charge in [0.05, 0.1) is 11.8 Å². The van der Waals surface area contributed by atoms with Gasteiger partial charge in [-0.25, -0.2) is 4.98 Å². The number of nitrogens with zero attached hydrogens (tertiary/aromatic N) is 5. The van der Waals surface area contributed by atoms with E-state index < -0.39 is 5.92 Å². The number of thiazole rings is 1. The first-order valence-corrected chi connectivity index (χ1v) is 9.45. The minimum atomic E-state index is -0.785. The summed E-state index contributed by atoms with van der Waals surface area (Å²) in [5.74, 6) is 0.310. The van der Waals surface area contributed by atoms with E-state index >= 15 is 0 Å². The number of aromatic nitrogens is 4. The summed E-state index contributed by atoms with van der Waals surface area (Å²) in [4.78, 5) is 16.6. The average Bonchev–Trinajstić information content (AvgIpc) is 3.05. The van der Waals surface area contributed by atoms with Gasteiger partial charge in [0.15, 0.2) is 16.9 Å². The monoisotopic (exact) mass is 347 g/mol. The predicted octanol–water partition coefficient (Wildman–Crippen LogP) is 2.74. The van der Waals surface area contributed by atoms with E-state index in [1.807, 2.05) is 12.3 Å². The van der Waals surface area contributed by atoms with Crippen LogP contribution in [0.3, 0.4) is 0 Å². The number of nitriles is 1. The van der Waals surface area contributed by atoms with Crippen molar-refractivity contribution in [2.45, 2.75) is 50.2 Å². The highest BCUT2D eigenvalue weighted by atomic mass is 32.2.